The second kappa shape index (κ2) is 8.93. The lowest BCUT2D eigenvalue weighted by Crippen LogP contribution is -2.33. The summed E-state index contributed by atoms with van der Waals surface area (Å²) in [5.41, 5.74) is 1.12. The predicted octanol–water partition coefficient (Wildman–Crippen LogP) is 3.33. The van der Waals surface area contributed by atoms with E-state index in [1.165, 1.54) is 0 Å². The van der Waals surface area contributed by atoms with Crippen molar-refractivity contribution in [2.45, 2.75) is 58.8 Å². The van der Waals surface area contributed by atoms with Gasteiger partial charge in [0.15, 0.2) is 0 Å². The summed E-state index contributed by atoms with van der Waals surface area (Å²) >= 11 is 0. The first-order valence-electron chi connectivity index (χ1n) is 7.50. The van der Waals surface area contributed by atoms with E-state index in [1.807, 2.05) is 20.0 Å². The summed E-state index contributed by atoms with van der Waals surface area (Å²) in [5.74, 6) is 0.812. The van der Waals surface area contributed by atoms with Gasteiger partial charge in [-0.05, 0) is 44.9 Å². The molecular formula is C16H28N2O2. The van der Waals surface area contributed by atoms with Crippen molar-refractivity contribution in [3.05, 3.63) is 24.0 Å². The van der Waals surface area contributed by atoms with Crippen LogP contribution < -0.4 is 10.1 Å². The van der Waals surface area contributed by atoms with Gasteiger partial charge in [0.25, 0.3) is 0 Å². The third-order valence-corrected chi connectivity index (χ3v) is 3.16. The molecule has 2 unspecified atom stereocenters. The minimum atomic E-state index is 0.137. The molecule has 4 nitrogen and oxygen atoms in total. The lowest BCUT2D eigenvalue weighted by atomic mass is 10.0. The molecule has 0 aliphatic carbocycles. The van der Waals surface area contributed by atoms with E-state index >= 15 is 0 Å². The highest BCUT2D eigenvalue weighted by molar-refractivity contribution is 5.27. The Labute approximate surface area is 122 Å². The lowest BCUT2D eigenvalue weighted by molar-refractivity contribution is 0.0648. The molecule has 0 bridgehead atoms. The molecule has 0 fully saturated rings. The number of methoxy groups -OCH3 is 1. The van der Waals surface area contributed by atoms with E-state index < -0.39 is 0 Å². The Kier molecular flexibility index (Phi) is 7.55. The molecule has 114 valence electrons. The number of nitrogens with one attached hydrogen (secondary N) is 1. The van der Waals surface area contributed by atoms with Gasteiger partial charge >= 0.3 is 0 Å². The van der Waals surface area contributed by atoms with Gasteiger partial charge in [0.2, 0.25) is 0 Å². The third-order valence-electron chi connectivity index (χ3n) is 3.16. The van der Waals surface area contributed by atoms with Crippen LogP contribution in [0.15, 0.2) is 18.5 Å². The van der Waals surface area contributed by atoms with E-state index in [2.05, 4.69) is 30.2 Å². The lowest BCUT2D eigenvalue weighted by Gasteiger charge is -2.26. The van der Waals surface area contributed by atoms with Gasteiger partial charge in [0, 0.05) is 13.3 Å². The van der Waals surface area contributed by atoms with Crippen LogP contribution in [0.1, 0.15) is 52.1 Å². The van der Waals surface area contributed by atoms with Crippen LogP contribution in [0.4, 0.5) is 0 Å². The maximum Gasteiger partial charge on any atom is 0.138 e. The van der Waals surface area contributed by atoms with Crippen LogP contribution in [0, 0.1) is 0 Å². The van der Waals surface area contributed by atoms with Gasteiger partial charge in [-0.2, -0.15) is 0 Å². The topological polar surface area (TPSA) is 43.4 Å². The molecule has 0 spiro atoms. The van der Waals surface area contributed by atoms with Crippen LogP contribution in [0.3, 0.4) is 0 Å². The average molecular weight is 280 g/mol. The highest BCUT2D eigenvalue weighted by atomic mass is 16.5. The van der Waals surface area contributed by atoms with Crippen LogP contribution in [0.2, 0.25) is 0 Å². The molecule has 0 amide bonds. The van der Waals surface area contributed by atoms with E-state index in [4.69, 9.17) is 9.47 Å². The smallest absolute Gasteiger partial charge is 0.138 e. The Morgan fingerprint density at radius 1 is 1.25 bits per heavy atom. The summed E-state index contributed by atoms with van der Waals surface area (Å²) in [5, 5.41) is 3.55. The number of ether oxygens (including phenoxy) is 2. The van der Waals surface area contributed by atoms with Gasteiger partial charge in [0.1, 0.15) is 5.75 Å². The molecule has 1 aromatic heterocycles. The summed E-state index contributed by atoms with van der Waals surface area (Å²) in [6.07, 6.45) is 5.98. The second-order valence-corrected chi connectivity index (χ2v) is 5.23. The van der Waals surface area contributed by atoms with Crippen molar-refractivity contribution in [2.24, 2.45) is 0 Å². The second-order valence-electron chi connectivity index (χ2n) is 5.23. The molecule has 0 aromatic carbocycles. The number of rotatable bonds is 9. The van der Waals surface area contributed by atoms with Gasteiger partial charge < -0.3 is 14.8 Å². The van der Waals surface area contributed by atoms with E-state index in [1.54, 1.807) is 13.3 Å². The molecule has 1 aromatic rings. The fraction of sp³-hybridized carbons (Fsp3) is 0.688. The zero-order chi connectivity index (χ0) is 15.0. The molecule has 1 N–H and O–H groups in total. The van der Waals surface area contributed by atoms with Crippen molar-refractivity contribution in [1.29, 1.82) is 0 Å². The minimum Gasteiger partial charge on any atom is -0.489 e. The Morgan fingerprint density at radius 3 is 2.55 bits per heavy atom. The molecular weight excluding hydrogens is 252 g/mol. The van der Waals surface area contributed by atoms with Crippen molar-refractivity contribution in [1.82, 2.24) is 10.3 Å². The van der Waals surface area contributed by atoms with Crippen LogP contribution in [0.5, 0.6) is 5.75 Å². The van der Waals surface area contributed by atoms with Crippen molar-refractivity contribution in [3.63, 3.8) is 0 Å². The molecule has 4 heteroatoms. The summed E-state index contributed by atoms with van der Waals surface area (Å²) in [7, 11) is 1.76. The summed E-state index contributed by atoms with van der Waals surface area (Å²) in [6, 6.07) is 2.20. The van der Waals surface area contributed by atoms with Crippen LogP contribution in [0.25, 0.3) is 0 Å². The quantitative estimate of drug-likeness (QED) is 0.753. The fourth-order valence-corrected chi connectivity index (χ4v) is 2.24. The first-order valence-corrected chi connectivity index (χ1v) is 7.50. The zero-order valence-electron chi connectivity index (χ0n) is 13.3. The summed E-state index contributed by atoms with van der Waals surface area (Å²) in [6.45, 7) is 9.29. The van der Waals surface area contributed by atoms with E-state index in [9.17, 15) is 0 Å². The SMILES string of the molecule is CCCNC(c1cncc(OC(C)C)c1)C(CC)OC. The van der Waals surface area contributed by atoms with Crippen LogP contribution in [-0.4, -0.2) is 30.8 Å². The maximum absolute atomic E-state index is 5.73. The fourth-order valence-electron chi connectivity index (χ4n) is 2.24. The summed E-state index contributed by atoms with van der Waals surface area (Å²) in [4.78, 5) is 4.30. The molecule has 0 saturated heterocycles. The first kappa shape index (κ1) is 16.9. The third kappa shape index (κ3) is 5.10. The Bertz CT molecular complexity index is 378. The number of nitrogens with zero attached hydrogens (tertiary/aromatic N) is 1. The molecule has 0 aliphatic heterocycles. The highest BCUT2D eigenvalue weighted by Gasteiger charge is 2.21. The number of aromatic nitrogens is 1. The van der Waals surface area contributed by atoms with Crippen molar-refractivity contribution in [2.75, 3.05) is 13.7 Å². The monoisotopic (exact) mass is 280 g/mol. The normalized spacial score (nSPS) is 14.3. The van der Waals surface area contributed by atoms with Gasteiger partial charge in [-0.1, -0.05) is 13.8 Å². The largest absolute Gasteiger partial charge is 0.489 e. The van der Waals surface area contributed by atoms with Crippen molar-refractivity contribution < 1.29 is 9.47 Å². The van der Waals surface area contributed by atoms with Crippen molar-refractivity contribution >= 4 is 0 Å². The average Bonchev–Trinajstić information content (AvgIpc) is 2.43. The molecule has 20 heavy (non-hydrogen) atoms. The van der Waals surface area contributed by atoms with E-state index in [0.717, 1.165) is 30.7 Å². The Hall–Kier alpha value is -1.13. The van der Waals surface area contributed by atoms with Gasteiger partial charge in [0.05, 0.1) is 24.4 Å². The van der Waals surface area contributed by atoms with E-state index in [0.29, 0.717) is 0 Å². The van der Waals surface area contributed by atoms with E-state index in [-0.39, 0.29) is 18.2 Å². The number of hydrogen-bond acceptors (Lipinski definition) is 4. The molecule has 0 aliphatic rings. The van der Waals surface area contributed by atoms with Gasteiger partial charge in [-0.25, -0.2) is 0 Å². The number of pyridine rings is 1. The standard InChI is InChI=1S/C16H28N2O2/c1-6-8-18-16(15(7-2)19-5)13-9-14(11-17-10-13)20-12(3)4/h9-12,15-16,18H,6-8H2,1-5H3. The molecule has 2 atom stereocenters. The Balaban J connectivity index is 2.93. The molecule has 0 radical (unpaired) electrons. The van der Waals surface area contributed by atoms with Crippen LogP contribution in [-0.2, 0) is 4.74 Å². The molecule has 1 heterocycles. The number of hydrogen-bond donors (Lipinski definition) is 1. The van der Waals surface area contributed by atoms with Gasteiger partial charge in [-0.3, -0.25) is 4.98 Å². The summed E-state index contributed by atoms with van der Waals surface area (Å²) < 4.78 is 11.3. The maximum atomic E-state index is 5.73. The molecule has 0 saturated carbocycles. The minimum absolute atomic E-state index is 0.137. The zero-order valence-corrected chi connectivity index (χ0v) is 13.3. The molecule has 1 rings (SSSR count). The highest BCUT2D eigenvalue weighted by Crippen LogP contribution is 2.24. The first-order chi connectivity index (χ1) is 9.62. The van der Waals surface area contributed by atoms with Gasteiger partial charge in [-0.15, -0.1) is 0 Å². The van der Waals surface area contributed by atoms with Crippen LogP contribution >= 0.6 is 0 Å². The Morgan fingerprint density at radius 2 is 2.00 bits per heavy atom. The van der Waals surface area contributed by atoms with Crippen molar-refractivity contribution in [3.8, 4) is 5.75 Å². The predicted molar refractivity (Wildman–Crippen MR) is 82.1 cm³/mol.